The zero-order valence-electron chi connectivity index (χ0n) is 12.2. The highest BCUT2D eigenvalue weighted by molar-refractivity contribution is 14.1. The van der Waals surface area contributed by atoms with Gasteiger partial charge in [0.1, 0.15) is 5.41 Å². The summed E-state index contributed by atoms with van der Waals surface area (Å²) in [6.07, 6.45) is 0.636. The van der Waals surface area contributed by atoms with E-state index >= 15 is 0 Å². The molecule has 1 aliphatic rings. The summed E-state index contributed by atoms with van der Waals surface area (Å²) in [7, 11) is 1.47. The van der Waals surface area contributed by atoms with Gasteiger partial charge in [0.15, 0.2) is 0 Å². The average molecular weight is 425 g/mol. The Morgan fingerprint density at radius 1 is 1.23 bits per heavy atom. The largest absolute Gasteiger partial charge is 0.468 e. The van der Waals surface area contributed by atoms with E-state index in [1.165, 1.54) is 7.11 Å². The molecule has 0 amide bonds. The average Bonchev–Trinajstić information content (AvgIpc) is 2.54. The van der Waals surface area contributed by atoms with Gasteiger partial charge in [0.2, 0.25) is 0 Å². The molecule has 0 saturated heterocycles. The molecule has 3 rings (SSSR count). The lowest BCUT2D eigenvalue weighted by Gasteiger charge is -2.39. The minimum Gasteiger partial charge on any atom is -0.468 e. The second-order valence-electron chi connectivity index (χ2n) is 5.30. The van der Waals surface area contributed by atoms with E-state index in [0.717, 1.165) is 16.0 Å². The van der Waals surface area contributed by atoms with E-state index in [9.17, 15) is 4.79 Å². The second-order valence-corrected chi connectivity index (χ2v) is 8.18. The number of carbonyl (C=O) groups excluding carboxylic acids is 1. The Balaban J connectivity index is 2.12. The lowest BCUT2D eigenvalue weighted by molar-refractivity contribution is -0.147. The Bertz CT molecular complexity index is 679. The van der Waals surface area contributed by atoms with Crippen molar-refractivity contribution in [2.75, 3.05) is 13.7 Å². The van der Waals surface area contributed by atoms with E-state index in [-0.39, 0.29) is 5.97 Å². The predicted octanol–water partition coefficient (Wildman–Crippen LogP) is 4.01. The van der Waals surface area contributed by atoms with Gasteiger partial charge in [-0.2, -0.15) is 2.52 Å². The molecule has 0 fully saturated rings. The van der Waals surface area contributed by atoms with E-state index in [1.54, 1.807) is 11.9 Å². The van der Waals surface area contributed by atoms with Crippen LogP contribution in [-0.4, -0.2) is 22.1 Å². The summed E-state index contributed by atoms with van der Waals surface area (Å²) in [5.41, 5.74) is 1.53. The van der Waals surface area contributed by atoms with Crippen LogP contribution in [0.15, 0.2) is 59.5 Å². The van der Waals surface area contributed by atoms with Crippen molar-refractivity contribution in [3.8, 4) is 0 Å². The molecule has 0 saturated carbocycles. The molecule has 1 heterocycles. The lowest BCUT2D eigenvalue weighted by Crippen LogP contribution is -2.47. The van der Waals surface area contributed by atoms with Gasteiger partial charge >= 0.3 is 5.97 Å². The van der Waals surface area contributed by atoms with Crippen LogP contribution in [-0.2, 0) is 21.4 Å². The van der Waals surface area contributed by atoms with Crippen LogP contribution in [0.3, 0.4) is 0 Å². The van der Waals surface area contributed by atoms with E-state index in [4.69, 9.17) is 4.74 Å². The molecular formula is C17H16INO2S. The Morgan fingerprint density at radius 3 is 2.64 bits per heavy atom. The number of rotatable bonds is 3. The standard InChI is InChI=1S/C17H16INO2S/c1-21-16(20)17(11-13-7-3-2-4-8-13)12-19(18)22-15-10-6-5-9-14(15)17/h2-10H,11-12H2,1H3. The van der Waals surface area contributed by atoms with E-state index < -0.39 is 5.41 Å². The summed E-state index contributed by atoms with van der Waals surface area (Å²) < 4.78 is 7.28. The fourth-order valence-electron chi connectivity index (χ4n) is 2.92. The number of esters is 1. The van der Waals surface area contributed by atoms with Crippen molar-refractivity contribution < 1.29 is 9.53 Å². The first-order valence-corrected chi connectivity index (χ1v) is 8.73. The molecule has 0 aliphatic carbocycles. The number of methoxy groups -OCH3 is 1. The molecule has 0 aromatic heterocycles. The smallest absolute Gasteiger partial charge is 0.318 e. The van der Waals surface area contributed by atoms with E-state index in [0.29, 0.717) is 13.0 Å². The number of fused-ring (bicyclic) bond motifs is 1. The summed E-state index contributed by atoms with van der Waals surface area (Å²) in [5.74, 6) is -0.175. The summed E-state index contributed by atoms with van der Waals surface area (Å²) in [5, 5.41) is 0. The summed E-state index contributed by atoms with van der Waals surface area (Å²) in [6.45, 7) is 0.622. The van der Waals surface area contributed by atoms with E-state index in [1.807, 2.05) is 36.4 Å². The maximum absolute atomic E-state index is 12.7. The molecular weight excluding hydrogens is 409 g/mol. The van der Waals surface area contributed by atoms with Crippen molar-refractivity contribution >= 4 is 40.8 Å². The number of hydrogen-bond donors (Lipinski definition) is 0. The molecule has 114 valence electrons. The van der Waals surface area contributed by atoms with Crippen LogP contribution in [0.5, 0.6) is 0 Å². The van der Waals surface area contributed by atoms with Gasteiger partial charge in [0.25, 0.3) is 0 Å². The molecule has 0 spiro atoms. The molecule has 22 heavy (non-hydrogen) atoms. The van der Waals surface area contributed by atoms with Gasteiger partial charge in [-0.05, 0) is 35.6 Å². The van der Waals surface area contributed by atoms with E-state index in [2.05, 4.69) is 43.6 Å². The minimum atomic E-state index is -0.668. The Kier molecular flexibility index (Phi) is 4.75. The highest BCUT2D eigenvalue weighted by Crippen LogP contribution is 2.45. The van der Waals surface area contributed by atoms with Crippen molar-refractivity contribution in [1.29, 1.82) is 0 Å². The van der Waals surface area contributed by atoms with Crippen molar-refractivity contribution in [2.45, 2.75) is 16.7 Å². The molecule has 1 unspecified atom stereocenters. The van der Waals surface area contributed by atoms with Gasteiger partial charge in [-0.3, -0.25) is 4.79 Å². The fourth-order valence-corrected chi connectivity index (χ4v) is 5.13. The molecule has 0 N–H and O–H groups in total. The van der Waals surface area contributed by atoms with Crippen LogP contribution >= 0.6 is 34.8 Å². The highest BCUT2D eigenvalue weighted by Gasteiger charge is 2.47. The van der Waals surface area contributed by atoms with Crippen LogP contribution in [0.1, 0.15) is 11.1 Å². The van der Waals surface area contributed by atoms with Crippen LogP contribution in [0.25, 0.3) is 0 Å². The van der Waals surface area contributed by atoms with Gasteiger partial charge in [-0.1, -0.05) is 48.5 Å². The first kappa shape index (κ1) is 15.8. The van der Waals surface area contributed by atoms with Crippen molar-refractivity contribution in [3.63, 3.8) is 0 Å². The number of benzene rings is 2. The molecule has 2 aromatic carbocycles. The maximum atomic E-state index is 12.7. The highest BCUT2D eigenvalue weighted by atomic mass is 127. The summed E-state index contributed by atoms with van der Waals surface area (Å²) >= 11 is 3.92. The van der Waals surface area contributed by atoms with Gasteiger partial charge in [0.05, 0.1) is 7.11 Å². The monoisotopic (exact) mass is 425 g/mol. The molecule has 1 aliphatic heterocycles. The third-order valence-electron chi connectivity index (χ3n) is 3.92. The zero-order valence-corrected chi connectivity index (χ0v) is 15.1. The second kappa shape index (κ2) is 6.60. The van der Waals surface area contributed by atoms with Crippen LogP contribution in [0.2, 0.25) is 0 Å². The fraction of sp³-hybridized carbons (Fsp3) is 0.235. The van der Waals surface area contributed by atoms with Crippen molar-refractivity contribution in [3.05, 3.63) is 65.7 Å². The lowest BCUT2D eigenvalue weighted by atomic mass is 9.75. The molecule has 1 atom stereocenters. The van der Waals surface area contributed by atoms with Gasteiger partial charge in [-0.15, -0.1) is 0 Å². The minimum absolute atomic E-state index is 0.175. The number of hydrogen-bond acceptors (Lipinski definition) is 4. The molecule has 2 aromatic rings. The summed E-state index contributed by atoms with van der Waals surface area (Å²) in [6, 6.07) is 18.2. The Labute approximate surface area is 148 Å². The quantitative estimate of drug-likeness (QED) is 0.322. The van der Waals surface area contributed by atoms with Gasteiger partial charge in [0, 0.05) is 34.3 Å². The first-order chi connectivity index (χ1) is 10.7. The van der Waals surface area contributed by atoms with Gasteiger partial charge < -0.3 is 4.74 Å². The van der Waals surface area contributed by atoms with Gasteiger partial charge in [-0.25, -0.2) is 0 Å². The maximum Gasteiger partial charge on any atom is 0.318 e. The topological polar surface area (TPSA) is 29.5 Å². The predicted molar refractivity (Wildman–Crippen MR) is 96.9 cm³/mol. The molecule has 3 nitrogen and oxygen atoms in total. The number of ether oxygens (including phenoxy) is 1. The third kappa shape index (κ3) is 2.89. The number of nitrogens with zero attached hydrogens (tertiary/aromatic N) is 1. The SMILES string of the molecule is COC(=O)C1(Cc2ccccc2)CN(I)Sc2ccccc21. The third-order valence-corrected chi connectivity index (χ3v) is 5.73. The van der Waals surface area contributed by atoms with Crippen molar-refractivity contribution in [2.24, 2.45) is 0 Å². The normalized spacial score (nSPS) is 21.2. The Morgan fingerprint density at radius 2 is 1.91 bits per heavy atom. The number of carbonyl (C=O) groups is 1. The van der Waals surface area contributed by atoms with Crippen molar-refractivity contribution in [1.82, 2.24) is 2.52 Å². The van der Waals surface area contributed by atoms with Crippen LogP contribution < -0.4 is 0 Å². The first-order valence-electron chi connectivity index (χ1n) is 6.99. The zero-order chi connectivity index (χ0) is 15.6. The molecule has 5 heteroatoms. The van der Waals surface area contributed by atoms with Crippen LogP contribution in [0, 0.1) is 0 Å². The Hall–Kier alpha value is -1.05. The molecule has 0 radical (unpaired) electrons. The molecule has 0 bridgehead atoms. The summed E-state index contributed by atoms with van der Waals surface area (Å²) in [4.78, 5) is 13.9. The number of halogens is 1. The van der Waals surface area contributed by atoms with Crippen LogP contribution in [0.4, 0.5) is 0 Å².